The zero-order valence-electron chi connectivity index (χ0n) is 9.26. The standard InChI is InChI=1S/C8H18BN3O2/c1-7(2)8(3,4)14-9(13-7)12-6-5-10-11-12/h10-11H,5-6H2,1-4H3. The molecule has 2 aliphatic heterocycles. The van der Waals surface area contributed by atoms with E-state index in [9.17, 15) is 0 Å². The fraction of sp³-hybridized carbons (Fsp3) is 1.00. The maximum Gasteiger partial charge on any atom is 0.574 e. The van der Waals surface area contributed by atoms with Crippen molar-refractivity contribution >= 4 is 7.25 Å². The zero-order chi connectivity index (χ0) is 10.4. The second-order valence-corrected chi connectivity index (χ2v) is 4.80. The van der Waals surface area contributed by atoms with Crippen LogP contribution in [-0.2, 0) is 9.31 Å². The Balaban J connectivity index is 2.05. The van der Waals surface area contributed by atoms with Gasteiger partial charge in [0, 0.05) is 13.1 Å². The van der Waals surface area contributed by atoms with Gasteiger partial charge in [0.15, 0.2) is 0 Å². The molecule has 0 aromatic heterocycles. The second-order valence-electron chi connectivity index (χ2n) is 4.80. The summed E-state index contributed by atoms with van der Waals surface area (Å²) in [7, 11) is -0.296. The number of rotatable bonds is 1. The molecule has 80 valence electrons. The first-order valence-corrected chi connectivity index (χ1v) is 5.03. The molecule has 2 heterocycles. The Morgan fingerprint density at radius 2 is 1.71 bits per heavy atom. The lowest BCUT2D eigenvalue weighted by Gasteiger charge is -2.32. The molecule has 0 saturated carbocycles. The highest BCUT2D eigenvalue weighted by atomic mass is 16.7. The van der Waals surface area contributed by atoms with Crippen molar-refractivity contribution in [2.24, 2.45) is 0 Å². The summed E-state index contributed by atoms with van der Waals surface area (Å²) in [4.78, 5) is 1.93. The number of hydrazine groups is 2. The van der Waals surface area contributed by atoms with Crippen molar-refractivity contribution in [2.45, 2.75) is 38.9 Å². The van der Waals surface area contributed by atoms with Gasteiger partial charge < -0.3 is 9.31 Å². The van der Waals surface area contributed by atoms with Crippen molar-refractivity contribution in [3.05, 3.63) is 0 Å². The van der Waals surface area contributed by atoms with Gasteiger partial charge in [-0.1, -0.05) is 0 Å². The summed E-state index contributed by atoms with van der Waals surface area (Å²) in [6, 6.07) is 0. The van der Waals surface area contributed by atoms with Gasteiger partial charge >= 0.3 is 7.25 Å². The highest BCUT2D eigenvalue weighted by Crippen LogP contribution is 2.37. The minimum absolute atomic E-state index is 0.262. The molecule has 2 fully saturated rings. The van der Waals surface area contributed by atoms with E-state index in [1.54, 1.807) is 0 Å². The van der Waals surface area contributed by atoms with E-state index in [2.05, 4.69) is 38.7 Å². The third-order valence-corrected chi connectivity index (χ3v) is 3.20. The predicted molar refractivity (Wildman–Crippen MR) is 53.9 cm³/mol. The average molecular weight is 199 g/mol. The molecule has 0 aromatic carbocycles. The van der Waals surface area contributed by atoms with Crippen LogP contribution in [0.2, 0.25) is 0 Å². The Labute approximate surface area is 85.2 Å². The van der Waals surface area contributed by atoms with Crippen molar-refractivity contribution in [1.82, 2.24) is 15.9 Å². The van der Waals surface area contributed by atoms with E-state index in [1.165, 1.54) is 0 Å². The molecule has 2 N–H and O–H groups in total. The van der Waals surface area contributed by atoms with Crippen LogP contribution in [0.5, 0.6) is 0 Å². The normalized spacial score (nSPS) is 31.3. The number of nitrogens with one attached hydrogen (secondary N) is 2. The Morgan fingerprint density at radius 1 is 1.14 bits per heavy atom. The first kappa shape index (κ1) is 10.4. The van der Waals surface area contributed by atoms with Gasteiger partial charge in [-0.2, -0.15) is 5.53 Å². The van der Waals surface area contributed by atoms with Gasteiger partial charge in [-0.15, -0.1) is 0 Å². The monoisotopic (exact) mass is 199 g/mol. The summed E-state index contributed by atoms with van der Waals surface area (Å²) in [6.07, 6.45) is 0. The molecule has 2 rings (SSSR count). The lowest BCUT2D eigenvalue weighted by Crippen LogP contribution is -2.48. The molecule has 0 radical (unpaired) electrons. The summed E-state index contributed by atoms with van der Waals surface area (Å²) in [6.45, 7) is 10.0. The van der Waals surface area contributed by atoms with Crippen molar-refractivity contribution in [1.29, 1.82) is 0 Å². The minimum Gasteiger partial charge on any atom is -0.388 e. The highest BCUT2D eigenvalue weighted by molar-refractivity contribution is 6.42. The molecular formula is C8H18BN3O2. The van der Waals surface area contributed by atoms with E-state index in [-0.39, 0.29) is 18.5 Å². The minimum atomic E-state index is -0.296. The third kappa shape index (κ3) is 1.57. The van der Waals surface area contributed by atoms with Crippen molar-refractivity contribution < 1.29 is 9.31 Å². The molecule has 14 heavy (non-hydrogen) atoms. The van der Waals surface area contributed by atoms with E-state index < -0.39 is 0 Å². The van der Waals surface area contributed by atoms with E-state index >= 15 is 0 Å². The lowest BCUT2D eigenvalue weighted by molar-refractivity contribution is 0.00578. The van der Waals surface area contributed by atoms with Crippen LogP contribution in [0, 0.1) is 0 Å². The molecule has 5 nitrogen and oxygen atoms in total. The Hall–Kier alpha value is -0.135. The molecule has 0 spiro atoms. The van der Waals surface area contributed by atoms with Gasteiger partial charge in [-0.25, -0.2) is 10.3 Å². The Morgan fingerprint density at radius 3 is 2.14 bits per heavy atom. The van der Waals surface area contributed by atoms with Crippen LogP contribution in [0.15, 0.2) is 0 Å². The van der Waals surface area contributed by atoms with E-state index in [1.807, 2.05) is 4.92 Å². The quantitative estimate of drug-likeness (QED) is 0.577. The number of nitrogens with zero attached hydrogens (tertiary/aromatic N) is 1. The number of hydrogen-bond acceptors (Lipinski definition) is 5. The fourth-order valence-electron chi connectivity index (χ4n) is 1.49. The largest absolute Gasteiger partial charge is 0.574 e. The van der Waals surface area contributed by atoms with Gasteiger partial charge in [0.05, 0.1) is 11.2 Å². The first-order valence-electron chi connectivity index (χ1n) is 5.03. The summed E-state index contributed by atoms with van der Waals surface area (Å²) >= 11 is 0. The van der Waals surface area contributed by atoms with Gasteiger partial charge in [0.2, 0.25) is 0 Å². The molecule has 0 atom stereocenters. The van der Waals surface area contributed by atoms with E-state index in [4.69, 9.17) is 9.31 Å². The zero-order valence-corrected chi connectivity index (χ0v) is 9.26. The highest BCUT2D eigenvalue weighted by Gasteiger charge is 2.54. The van der Waals surface area contributed by atoms with Gasteiger partial charge in [-0.3, -0.25) is 0 Å². The maximum atomic E-state index is 5.85. The first-order chi connectivity index (χ1) is 6.42. The average Bonchev–Trinajstić information content (AvgIpc) is 2.58. The summed E-state index contributed by atoms with van der Waals surface area (Å²) in [5.74, 6) is 0. The summed E-state index contributed by atoms with van der Waals surface area (Å²) < 4.78 is 11.7. The molecule has 6 heteroatoms. The van der Waals surface area contributed by atoms with Crippen LogP contribution < -0.4 is 11.0 Å². The van der Waals surface area contributed by atoms with Crippen LogP contribution in [0.1, 0.15) is 27.7 Å². The molecule has 0 amide bonds. The Kier molecular flexibility index (Phi) is 2.36. The van der Waals surface area contributed by atoms with Crippen molar-refractivity contribution in [2.75, 3.05) is 13.1 Å². The molecule has 2 saturated heterocycles. The Bertz CT molecular complexity index is 213. The molecule has 2 aliphatic rings. The van der Waals surface area contributed by atoms with Gasteiger partial charge in [-0.05, 0) is 27.7 Å². The number of hydrogen-bond donors (Lipinski definition) is 2. The van der Waals surface area contributed by atoms with Gasteiger partial charge in [0.25, 0.3) is 0 Å². The predicted octanol–water partition coefficient (Wildman–Crippen LogP) is -0.0999. The van der Waals surface area contributed by atoms with Crippen molar-refractivity contribution in [3.8, 4) is 0 Å². The fourth-order valence-corrected chi connectivity index (χ4v) is 1.49. The van der Waals surface area contributed by atoms with Gasteiger partial charge in [0.1, 0.15) is 0 Å². The van der Waals surface area contributed by atoms with Crippen molar-refractivity contribution in [3.63, 3.8) is 0 Å². The molecular weight excluding hydrogens is 181 g/mol. The molecule has 0 bridgehead atoms. The summed E-state index contributed by atoms with van der Waals surface area (Å²) in [5.41, 5.74) is 5.50. The maximum absolute atomic E-state index is 5.85. The third-order valence-electron chi connectivity index (χ3n) is 3.20. The SMILES string of the molecule is CC1(C)OB(N2CCNN2)OC1(C)C. The van der Waals surface area contributed by atoms with Crippen LogP contribution in [0.25, 0.3) is 0 Å². The topological polar surface area (TPSA) is 45.8 Å². The lowest BCUT2D eigenvalue weighted by atomic mass is 9.90. The van der Waals surface area contributed by atoms with Crippen LogP contribution >= 0.6 is 0 Å². The van der Waals surface area contributed by atoms with E-state index in [0.29, 0.717) is 0 Å². The second kappa shape index (κ2) is 3.18. The molecule has 0 aliphatic carbocycles. The molecule has 0 unspecified atom stereocenters. The van der Waals surface area contributed by atoms with Crippen LogP contribution in [0.3, 0.4) is 0 Å². The molecule has 0 aromatic rings. The summed E-state index contributed by atoms with van der Waals surface area (Å²) in [5, 5.41) is 0. The van der Waals surface area contributed by atoms with Crippen LogP contribution in [-0.4, -0.2) is 36.5 Å². The smallest absolute Gasteiger partial charge is 0.388 e. The van der Waals surface area contributed by atoms with Crippen LogP contribution in [0.4, 0.5) is 0 Å². The van der Waals surface area contributed by atoms with E-state index in [0.717, 1.165) is 13.1 Å².